The number of halogens is 1. The van der Waals surface area contributed by atoms with Crippen molar-refractivity contribution in [3.8, 4) is 0 Å². The summed E-state index contributed by atoms with van der Waals surface area (Å²) in [4.78, 5) is 17.5. The first kappa shape index (κ1) is 19.8. The molecule has 4 aromatic rings. The Morgan fingerprint density at radius 2 is 1.94 bits per heavy atom. The van der Waals surface area contributed by atoms with Crippen LogP contribution in [0, 0.1) is 5.82 Å². The monoisotopic (exact) mass is 428 g/mol. The van der Waals surface area contributed by atoms with Gasteiger partial charge in [-0.25, -0.2) is 4.39 Å². The Morgan fingerprint density at radius 3 is 2.75 bits per heavy atom. The standard InChI is InChI=1S/C23H21FN8/c24-18-5-1-3-15(11-18)6-9-20-27-22(26-14-16-4-2-10-25-13-16)30-23(28-20)29-21-12-19(31-32-21)17-7-8-17/h1-6,9-13,17H,7-8,14H2,(H3,26,27,28,29,30,31,32)/b9-6+. The summed E-state index contributed by atoms with van der Waals surface area (Å²) in [6.07, 6.45) is 9.35. The van der Waals surface area contributed by atoms with Crippen molar-refractivity contribution >= 4 is 29.9 Å². The predicted octanol–water partition coefficient (Wildman–Crippen LogP) is 4.53. The van der Waals surface area contributed by atoms with E-state index >= 15 is 0 Å². The quantitative estimate of drug-likeness (QED) is 0.379. The van der Waals surface area contributed by atoms with E-state index in [0.29, 0.717) is 41.6 Å². The normalized spacial score (nSPS) is 13.4. The molecule has 9 heteroatoms. The number of pyridine rings is 1. The first-order valence-electron chi connectivity index (χ1n) is 10.4. The van der Waals surface area contributed by atoms with Crippen LogP contribution in [-0.2, 0) is 6.54 Å². The van der Waals surface area contributed by atoms with Gasteiger partial charge in [0, 0.05) is 36.6 Å². The number of benzene rings is 1. The number of H-pyrrole nitrogens is 1. The van der Waals surface area contributed by atoms with E-state index in [1.165, 1.54) is 25.0 Å². The first-order valence-corrected chi connectivity index (χ1v) is 10.4. The topological polar surface area (TPSA) is 104 Å². The lowest BCUT2D eigenvalue weighted by Crippen LogP contribution is -2.08. The minimum atomic E-state index is -0.297. The van der Waals surface area contributed by atoms with E-state index in [1.807, 2.05) is 24.3 Å². The van der Waals surface area contributed by atoms with Crippen molar-refractivity contribution in [3.05, 3.63) is 83.3 Å². The fourth-order valence-corrected chi connectivity index (χ4v) is 3.19. The van der Waals surface area contributed by atoms with E-state index in [2.05, 4.69) is 40.8 Å². The first-order chi connectivity index (χ1) is 15.7. The molecule has 0 spiro atoms. The smallest absolute Gasteiger partial charge is 0.233 e. The molecule has 1 aliphatic carbocycles. The molecule has 0 unspecified atom stereocenters. The second-order valence-corrected chi connectivity index (χ2v) is 7.55. The van der Waals surface area contributed by atoms with Gasteiger partial charge in [-0.15, -0.1) is 0 Å². The highest BCUT2D eigenvalue weighted by atomic mass is 19.1. The molecule has 0 bridgehead atoms. The SMILES string of the molecule is Fc1cccc(/C=C/c2nc(NCc3cccnc3)nc(Nc3cc(C4CC4)[nH]n3)n2)c1. The Labute approximate surface area is 184 Å². The molecule has 1 aromatic carbocycles. The number of aromatic nitrogens is 6. The molecule has 1 fully saturated rings. The zero-order valence-corrected chi connectivity index (χ0v) is 17.2. The van der Waals surface area contributed by atoms with Gasteiger partial charge in [0.2, 0.25) is 11.9 Å². The second kappa shape index (κ2) is 8.93. The van der Waals surface area contributed by atoms with Crippen LogP contribution in [0.4, 0.5) is 22.1 Å². The van der Waals surface area contributed by atoms with Crippen LogP contribution in [0.3, 0.4) is 0 Å². The fraction of sp³-hybridized carbons (Fsp3) is 0.174. The van der Waals surface area contributed by atoms with E-state index < -0.39 is 0 Å². The summed E-state index contributed by atoms with van der Waals surface area (Å²) in [6, 6.07) is 12.1. The number of hydrogen-bond donors (Lipinski definition) is 3. The van der Waals surface area contributed by atoms with Crippen molar-refractivity contribution < 1.29 is 4.39 Å². The van der Waals surface area contributed by atoms with Crippen molar-refractivity contribution in [1.82, 2.24) is 30.1 Å². The summed E-state index contributed by atoms with van der Waals surface area (Å²) in [5, 5.41) is 13.7. The van der Waals surface area contributed by atoms with Crippen molar-refractivity contribution in [2.24, 2.45) is 0 Å². The summed E-state index contributed by atoms with van der Waals surface area (Å²) in [5.74, 6) is 2.12. The van der Waals surface area contributed by atoms with Crippen molar-refractivity contribution in [2.75, 3.05) is 10.6 Å². The van der Waals surface area contributed by atoms with E-state index in [-0.39, 0.29) is 5.82 Å². The van der Waals surface area contributed by atoms with Crippen LogP contribution in [-0.4, -0.2) is 30.1 Å². The highest BCUT2D eigenvalue weighted by Crippen LogP contribution is 2.39. The van der Waals surface area contributed by atoms with Gasteiger partial charge in [0.25, 0.3) is 0 Å². The lowest BCUT2D eigenvalue weighted by atomic mass is 10.2. The number of anilines is 3. The van der Waals surface area contributed by atoms with Crippen molar-refractivity contribution in [1.29, 1.82) is 0 Å². The molecule has 0 saturated heterocycles. The van der Waals surface area contributed by atoms with Crippen LogP contribution < -0.4 is 10.6 Å². The highest BCUT2D eigenvalue weighted by Gasteiger charge is 2.25. The minimum absolute atomic E-state index is 0.297. The average molecular weight is 428 g/mol. The minimum Gasteiger partial charge on any atom is -0.350 e. The van der Waals surface area contributed by atoms with Crippen LogP contribution in [0.15, 0.2) is 54.9 Å². The summed E-state index contributed by atoms with van der Waals surface area (Å²) >= 11 is 0. The van der Waals surface area contributed by atoms with Crippen molar-refractivity contribution in [2.45, 2.75) is 25.3 Å². The molecule has 0 atom stereocenters. The molecule has 3 heterocycles. The van der Waals surface area contributed by atoms with Gasteiger partial charge in [0.05, 0.1) is 0 Å². The number of rotatable bonds is 8. The third-order valence-corrected chi connectivity index (χ3v) is 4.95. The maximum atomic E-state index is 13.5. The van der Waals surface area contributed by atoms with E-state index in [4.69, 9.17) is 0 Å². The molecular weight excluding hydrogens is 407 g/mol. The van der Waals surface area contributed by atoms with Crippen LogP contribution in [0.1, 0.15) is 41.4 Å². The molecule has 1 saturated carbocycles. The van der Waals surface area contributed by atoms with Gasteiger partial charge in [0.1, 0.15) is 5.82 Å². The van der Waals surface area contributed by atoms with Crippen LogP contribution in [0.25, 0.3) is 12.2 Å². The van der Waals surface area contributed by atoms with Gasteiger partial charge in [0.15, 0.2) is 11.6 Å². The molecule has 0 radical (unpaired) electrons. The van der Waals surface area contributed by atoms with Gasteiger partial charge < -0.3 is 10.6 Å². The Morgan fingerprint density at radius 1 is 1.03 bits per heavy atom. The summed E-state index contributed by atoms with van der Waals surface area (Å²) in [7, 11) is 0. The van der Waals surface area contributed by atoms with Gasteiger partial charge >= 0.3 is 0 Å². The predicted molar refractivity (Wildman–Crippen MR) is 121 cm³/mol. The highest BCUT2D eigenvalue weighted by molar-refractivity contribution is 5.67. The second-order valence-electron chi connectivity index (χ2n) is 7.55. The van der Waals surface area contributed by atoms with Crippen LogP contribution in [0.2, 0.25) is 0 Å². The summed E-state index contributed by atoms with van der Waals surface area (Å²) < 4.78 is 13.5. The molecule has 160 valence electrons. The van der Waals surface area contributed by atoms with Gasteiger partial charge in [-0.05, 0) is 48.2 Å². The lowest BCUT2D eigenvalue weighted by molar-refractivity contribution is 0.627. The largest absolute Gasteiger partial charge is 0.350 e. The Balaban J connectivity index is 1.39. The Bertz CT molecular complexity index is 1230. The van der Waals surface area contributed by atoms with Crippen molar-refractivity contribution in [3.63, 3.8) is 0 Å². The molecule has 0 aliphatic heterocycles. The van der Waals surface area contributed by atoms with Gasteiger partial charge in [-0.3, -0.25) is 10.1 Å². The molecule has 0 amide bonds. The average Bonchev–Trinajstić information content (AvgIpc) is 3.56. The zero-order chi connectivity index (χ0) is 21.8. The number of aromatic amines is 1. The van der Waals surface area contributed by atoms with Gasteiger partial charge in [-0.1, -0.05) is 24.3 Å². The molecular formula is C23H21FN8. The third kappa shape index (κ3) is 5.12. The van der Waals surface area contributed by atoms with E-state index in [9.17, 15) is 4.39 Å². The number of hydrogen-bond acceptors (Lipinski definition) is 7. The number of nitrogens with zero attached hydrogens (tertiary/aromatic N) is 5. The van der Waals surface area contributed by atoms with Crippen LogP contribution >= 0.6 is 0 Å². The lowest BCUT2D eigenvalue weighted by Gasteiger charge is -2.08. The molecule has 5 rings (SSSR count). The molecule has 8 nitrogen and oxygen atoms in total. The zero-order valence-electron chi connectivity index (χ0n) is 17.2. The molecule has 3 N–H and O–H groups in total. The number of nitrogens with one attached hydrogen (secondary N) is 3. The summed E-state index contributed by atoms with van der Waals surface area (Å²) in [5.41, 5.74) is 2.83. The summed E-state index contributed by atoms with van der Waals surface area (Å²) in [6.45, 7) is 0.512. The van der Waals surface area contributed by atoms with Crippen LogP contribution in [0.5, 0.6) is 0 Å². The third-order valence-electron chi connectivity index (χ3n) is 4.95. The maximum Gasteiger partial charge on any atom is 0.233 e. The van der Waals surface area contributed by atoms with E-state index in [0.717, 1.165) is 11.3 Å². The molecule has 1 aliphatic rings. The maximum absolute atomic E-state index is 13.5. The molecule has 3 aromatic heterocycles. The van der Waals surface area contributed by atoms with Gasteiger partial charge in [-0.2, -0.15) is 20.1 Å². The fourth-order valence-electron chi connectivity index (χ4n) is 3.19. The Hall–Kier alpha value is -4.14. The molecule has 32 heavy (non-hydrogen) atoms. The Kier molecular flexibility index (Phi) is 5.52. The van der Waals surface area contributed by atoms with E-state index in [1.54, 1.807) is 30.6 Å².